The van der Waals surface area contributed by atoms with Crippen LogP contribution >= 0.6 is 0 Å². The van der Waals surface area contributed by atoms with Gasteiger partial charge in [0.25, 0.3) is 0 Å². The molecule has 33 heavy (non-hydrogen) atoms. The second-order valence-corrected chi connectivity index (χ2v) is 8.88. The molecule has 2 aromatic carbocycles. The second-order valence-electron chi connectivity index (χ2n) is 8.88. The van der Waals surface area contributed by atoms with E-state index in [-0.39, 0.29) is 12.3 Å². The molecule has 1 fully saturated rings. The van der Waals surface area contributed by atoms with E-state index in [9.17, 15) is 4.79 Å². The lowest BCUT2D eigenvalue weighted by Crippen LogP contribution is -2.19. The summed E-state index contributed by atoms with van der Waals surface area (Å²) < 4.78 is 5.20. The van der Waals surface area contributed by atoms with Crippen molar-refractivity contribution in [3.8, 4) is 17.0 Å². The lowest BCUT2D eigenvalue weighted by atomic mass is 9.86. The van der Waals surface area contributed by atoms with E-state index in [1.165, 1.54) is 37.7 Å². The van der Waals surface area contributed by atoms with Crippen molar-refractivity contribution in [1.82, 2.24) is 9.97 Å². The van der Waals surface area contributed by atoms with E-state index >= 15 is 0 Å². The van der Waals surface area contributed by atoms with E-state index < -0.39 is 0 Å². The van der Waals surface area contributed by atoms with E-state index in [4.69, 9.17) is 9.72 Å². The van der Waals surface area contributed by atoms with Crippen LogP contribution in [0.3, 0.4) is 0 Å². The summed E-state index contributed by atoms with van der Waals surface area (Å²) >= 11 is 0. The highest BCUT2D eigenvalue weighted by atomic mass is 16.5. The molecule has 0 bridgehead atoms. The number of ether oxygens (including phenoxy) is 1. The van der Waals surface area contributed by atoms with Crippen molar-refractivity contribution in [1.29, 1.82) is 0 Å². The zero-order chi connectivity index (χ0) is 23.0. The minimum atomic E-state index is -0.0839. The Balaban J connectivity index is 1.54. The first kappa shape index (κ1) is 23.0. The number of carbonyl (C=O) groups excluding carboxylic acids is 1. The molecule has 1 amide bonds. The Bertz CT molecular complexity index is 1060. The fraction of sp³-hybridized carbons (Fsp3) is 0.393. The molecule has 0 atom stereocenters. The van der Waals surface area contributed by atoms with Gasteiger partial charge in [-0.05, 0) is 42.0 Å². The van der Waals surface area contributed by atoms with Gasteiger partial charge in [0.1, 0.15) is 5.75 Å². The standard InChI is InChI=1S/C28H33N3O2/c1-3-20-9-13-23(14-10-20)26-19-29-28(25(30-26)17-21-7-5-4-6-8-21)31-27(32)18-22-11-15-24(33-2)16-12-22/h9-16,19,21H,3-8,17-18H2,1-2H3,(H,29,31,32). The summed E-state index contributed by atoms with van der Waals surface area (Å²) in [5.74, 6) is 1.89. The van der Waals surface area contributed by atoms with E-state index in [2.05, 4.69) is 41.5 Å². The van der Waals surface area contributed by atoms with Crippen LogP contribution in [0, 0.1) is 5.92 Å². The van der Waals surface area contributed by atoms with Gasteiger partial charge >= 0.3 is 0 Å². The van der Waals surface area contributed by atoms with Crippen LogP contribution in [0.5, 0.6) is 5.75 Å². The number of amides is 1. The van der Waals surface area contributed by atoms with Crippen LogP contribution < -0.4 is 10.1 Å². The lowest BCUT2D eigenvalue weighted by molar-refractivity contribution is -0.115. The molecular weight excluding hydrogens is 410 g/mol. The minimum Gasteiger partial charge on any atom is -0.497 e. The van der Waals surface area contributed by atoms with Gasteiger partial charge in [0.15, 0.2) is 5.82 Å². The van der Waals surface area contributed by atoms with Crippen molar-refractivity contribution >= 4 is 11.7 Å². The number of anilines is 1. The number of rotatable bonds is 8. The number of nitrogens with zero attached hydrogens (tertiary/aromatic N) is 2. The summed E-state index contributed by atoms with van der Waals surface area (Å²) in [7, 11) is 1.63. The summed E-state index contributed by atoms with van der Waals surface area (Å²) in [6.45, 7) is 2.15. The molecule has 0 aliphatic heterocycles. The van der Waals surface area contributed by atoms with Crippen LogP contribution in [0.1, 0.15) is 55.8 Å². The molecule has 3 aromatic rings. The fourth-order valence-electron chi connectivity index (χ4n) is 4.49. The molecule has 1 aliphatic rings. The van der Waals surface area contributed by atoms with Crippen LogP contribution in [0.2, 0.25) is 0 Å². The molecule has 4 rings (SSSR count). The van der Waals surface area contributed by atoms with Crippen LogP contribution in [-0.2, 0) is 24.1 Å². The number of hydrogen-bond donors (Lipinski definition) is 1. The van der Waals surface area contributed by atoms with Crippen molar-refractivity contribution in [2.45, 2.75) is 58.3 Å². The van der Waals surface area contributed by atoms with E-state index in [1.54, 1.807) is 13.3 Å². The molecule has 0 spiro atoms. The summed E-state index contributed by atoms with van der Waals surface area (Å²) in [6.07, 6.45) is 10.2. The Morgan fingerprint density at radius 3 is 2.36 bits per heavy atom. The number of benzene rings is 2. The van der Waals surface area contributed by atoms with Gasteiger partial charge in [-0.15, -0.1) is 0 Å². The zero-order valence-corrected chi connectivity index (χ0v) is 19.6. The summed E-state index contributed by atoms with van der Waals surface area (Å²) in [5, 5.41) is 3.03. The fourth-order valence-corrected chi connectivity index (χ4v) is 4.49. The Kier molecular flexibility index (Phi) is 7.71. The quantitative estimate of drug-likeness (QED) is 0.462. The lowest BCUT2D eigenvalue weighted by Gasteiger charge is -2.22. The second kappa shape index (κ2) is 11.1. The Morgan fingerprint density at radius 2 is 1.70 bits per heavy atom. The zero-order valence-electron chi connectivity index (χ0n) is 19.6. The van der Waals surface area contributed by atoms with E-state index in [0.29, 0.717) is 11.7 Å². The Labute approximate surface area is 196 Å². The highest BCUT2D eigenvalue weighted by molar-refractivity contribution is 5.92. The summed E-state index contributed by atoms with van der Waals surface area (Å²) in [4.78, 5) is 22.4. The number of aryl methyl sites for hydroxylation is 1. The van der Waals surface area contributed by atoms with E-state index in [1.807, 2.05) is 24.3 Å². The number of methoxy groups -OCH3 is 1. The third-order valence-corrected chi connectivity index (χ3v) is 6.49. The SMILES string of the molecule is CCc1ccc(-c2cnc(NC(=O)Cc3ccc(OC)cc3)c(CC3CCCCC3)n2)cc1. The highest BCUT2D eigenvalue weighted by Gasteiger charge is 2.19. The van der Waals surface area contributed by atoms with Gasteiger partial charge in [-0.25, -0.2) is 9.97 Å². The smallest absolute Gasteiger partial charge is 0.229 e. The third kappa shape index (κ3) is 6.19. The topological polar surface area (TPSA) is 64.1 Å². The van der Waals surface area contributed by atoms with Crippen molar-refractivity contribution in [2.75, 3.05) is 12.4 Å². The van der Waals surface area contributed by atoms with Crippen LogP contribution in [0.15, 0.2) is 54.7 Å². The van der Waals surface area contributed by atoms with Gasteiger partial charge < -0.3 is 10.1 Å². The number of hydrogen-bond acceptors (Lipinski definition) is 4. The number of carbonyl (C=O) groups is 1. The normalized spacial score (nSPS) is 14.1. The van der Waals surface area contributed by atoms with Gasteiger partial charge in [-0.2, -0.15) is 0 Å². The molecule has 5 heteroatoms. The first-order chi connectivity index (χ1) is 16.1. The molecule has 1 N–H and O–H groups in total. The highest BCUT2D eigenvalue weighted by Crippen LogP contribution is 2.29. The van der Waals surface area contributed by atoms with Crippen LogP contribution in [-0.4, -0.2) is 23.0 Å². The largest absolute Gasteiger partial charge is 0.497 e. The monoisotopic (exact) mass is 443 g/mol. The maximum absolute atomic E-state index is 12.8. The van der Waals surface area contributed by atoms with Crippen molar-refractivity contribution in [3.63, 3.8) is 0 Å². The summed E-state index contributed by atoms with van der Waals surface area (Å²) in [5.41, 5.74) is 5.04. The van der Waals surface area contributed by atoms with E-state index in [0.717, 1.165) is 41.1 Å². The predicted octanol–water partition coefficient (Wildman–Crippen LogP) is 6.02. The molecule has 0 saturated heterocycles. The molecular formula is C28H33N3O2. The Morgan fingerprint density at radius 1 is 1.00 bits per heavy atom. The molecule has 5 nitrogen and oxygen atoms in total. The van der Waals surface area contributed by atoms with Crippen molar-refractivity contribution < 1.29 is 9.53 Å². The van der Waals surface area contributed by atoms with Gasteiger partial charge in [-0.1, -0.05) is 75.4 Å². The first-order valence-electron chi connectivity index (χ1n) is 12.0. The first-order valence-corrected chi connectivity index (χ1v) is 12.0. The molecule has 0 radical (unpaired) electrons. The minimum absolute atomic E-state index is 0.0839. The van der Waals surface area contributed by atoms with Gasteiger partial charge in [0, 0.05) is 5.56 Å². The van der Waals surface area contributed by atoms with Crippen molar-refractivity contribution in [2.24, 2.45) is 5.92 Å². The van der Waals surface area contributed by atoms with Crippen molar-refractivity contribution in [3.05, 3.63) is 71.5 Å². The summed E-state index contributed by atoms with van der Waals surface area (Å²) in [6, 6.07) is 16.1. The van der Waals surface area contributed by atoms with Crippen LogP contribution in [0.25, 0.3) is 11.3 Å². The van der Waals surface area contributed by atoms with Gasteiger partial charge in [0.2, 0.25) is 5.91 Å². The maximum Gasteiger partial charge on any atom is 0.229 e. The van der Waals surface area contributed by atoms with Gasteiger partial charge in [0.05, 0.1) is 31.1 Å². The molecule has 0 unspecified atom stereocenters. The molecule has 1 aromatic heterocycles. The number of aromatic nitrogens is 2. The number of nitrogens with one attached hydrogen (secondary N) is 1. The average Bonchev–Trinajstić information content (AvgIpc) is 2.86. The third-order valence-electron chi connectivity index (χ3n) is 6.49. The molecule has 172 valence electrons. The van der Waals surface area contributed by atoms with Gasteiger partial charge in [-0.3, -0.25) is 4.79 Å². The maximum atomic E-state index is 12.8. The van der Waals surface area contributed by atoms with Crippen LogP contribution in [0.4, 0.5) is 5.82 Å². The Hall–Kier alpha value is -3.21. The predicted molar refractivity (Wildman–Crippen MR) is 132 cm³/mol. The molecule has 1 heterocycles. The molecule has 1 aliphatic carbocycles. The molecule has 1 saturated carbocycles. The average molecular weight is 444 g/mol.